The first-order valence-electron chi connectivity index (χ1n) is 7.19. The number of fused-ring (bicyclic) bond motifs is 1. The zero-order valence-corrected chi connectivity index (χ0v) is 12.1. The summed E-state index contributed by atoms with van der Waals surface area (Å²) in [6.45, 7) is 8.74. The standard InChI is InChI=1S/C16H21N3O/c1-12-3-4-14-13(2)10-16(20)19(15(14)9-12)11-18-7-5-17-6-8-18/h3-4,9-10,17H,5-8,11H2,1-2H3. The molecule has 1 fully saturated rings. The van der Waals surface area contributed by atoms with Crippen molar-refractivity contribution in [2.24, 2.45) is 0 Å². The molecule has 1 N–H and O–H groups in total. The molecule has 1 aliphatic rings. The van der Waals surface area contributed by atoms with Crippen molar-refractivity contribution in [3.05, 3.63) is 45.7 Å². The van der Waals surface area contributed by atoms with Crippen LogP contribution in [0.2, 0.25) is 0 Å². The molecule has 0 saturated carbocycles. The SMILES string of the molecule is Cc1ccc2c(C)cc(=O)n(CN3CCNCC3)c2c1. The monoisotopic (exact) mass is 271 g/mol. The van der Waals surface area contributed by atoms with Gasteiger partial charge in [0.2, 0.25) is 0 Å². The van der Waals surface area contributed by atoms with Gasteiger partial charge in [-0.15, -0.1) is 0 Å². The van der Waals surface area contributed by atoms with Crippen LogP contribution in [0.5, 0.6) is 0 Å². The topological polar surface area (TPSA) is 37.3 Å². The Kier molecular flexibility index (Phi) is 3.59. The molecule has 1 aliphatic heterocycles. The molecule has 106 valence electrons. The third-order valence-electron chi connectivity index (χ3n) is 4.03. The van der Waals surface area contributed by atoms with Gasteiger partial charge in [0.1, 0.15) is 0 Å². The predicted octanol–water partition coefficient (Wildman–Crippen LogP) is 1.48. The van der Waals surface area contributed by atoms with Gasteiger partial charge in [-0.2, -0.15) is 0 Å². The lowest BCUT2D eigenvalue weighted by Crippen LogP contribution is -2.45. The van der Waals surface area contributed by atoms with Crippen LogP contribution in [-0.2, 0) is 6.67 Å². The molecule has 1 saturated heterocycles. The van der Waals surface area contributed by atoms with Crippen molar-refractivity contribution in [2.75, 3.05) is 26.2 Å². The summed E-state index contributed by atoms with van der Waals surface area (Å²) in [7, 11) is 0. The fourth-order valence-corrected chi connectivity index (χ4v) is 2.86. The van der Waals surface area contributed by atoms with Crippen LogP contribution in [-0.4, -0.2) is 35.6 Å². The van der Waals surface area contributed by atoms with Gasteiger partial charge in [0.15, 0.2) is 0 Å². The van der Waals surface area contributed by atoms with E-state index >= 15 is 0 Å². The van der Waals surface area contributed by atoms with Crippen molar-refractivity contribution in [2.45, 2.75) is 20.5 Å². The summed E-state index contributed by atoms with van der Waals surface area (Å²) in [4.78, 5) is 14.7. The third kappa shape index (κ3) is 2.49. The Labute approximate surface area is 119 Å². The molecule has 0 atom stereocenters. The molecule has 3 rings (SSSR count). The van der Waals surface area contributed by atoms with E-state index in [0.717, 1.165) is 37.3 Å². The number of pyridine rings is 1. The summed E-state index contributed by atoms with van der Waals surface area (Å²) in [6.07, 6.45) is 0. The molecule has 4 heteroatoms. The van der Waals surface area contributed by atoms with Gasteiger partial charge in [-0.1, -0.05) is 12.1 Å². The van der Waals surface area contributed by atoms with Crippen molar-refractivity contribution < 1.29 is 0 Å². The number of hydrogen-bond acceptors (Lipinski definition) is 3. The smallest absolute Gasteiger partial charge is 0.252 e. The van der Waals surface area contributed by atoms with Crippen LogP contribution >= 0.6 is 0 Å². The third-order valence-corrected chi connectivity index (χ3v) is 4.03. The summed E-state index contributed by atoms with van der Waals surface area (Å²) in [5.74, 6) is 0. The number of piperazine rings is 1. The van der Waals surface area contributed by atoms with Gasteiger partial charge >= 0.3 is 0 Å². The molecular weight excluding hydrogens is 250 g/mol. The molecule has 1 aromatic carbocycles. The Balaban J connectivity index is 2.08. The zero-order chi connectivity index (χ0) is 14.1. The molecule has 0 amide bonds. The fourth-order valence-electron chi connectivity index (χ4n) is 2.86. The van der Waals surface area contributed by atoms with E-state index in [1.807, 2.05) is 11.5 Å². The van der Waals surface area contributed by atoms with Crippen LogP contribution in [0, 0.1) is 13.8 Å². The Hall–Kier alpha value is -1.65. The van der Waals surface area contributed by atoms with Crippen LogP contribution < -0.4 is 10.9 Å². The lowest BCUT2D eigenvalue weighted by atomic mass is 10.1. The molecule has 0 spiro atoms. The van der Waals surface area contributed by atoms with E-state index in [-0.39, 0.29) is 5.56 Å². The number of aromatic nitrogens is 1. The van der Waals surface area contributed by atoms with Crippen molar-refractivity contribution in [3.63, 3.8) is 0 Å². The molecule has 4 nitrogen and oxygen atoms in total. The molecule has 20 heavy (non-hydrogen) atoms. The number of nitrogens with zero attached hydrogens (tertiary/aromatic N) is 2. The molecule has 0 bridgehead atoms. The largest absolute Gasteiger partial charge is 0.314 e. The Bertz CT molecular complexity index is 684. The first-order chi connectivity index (χ1) is 9.65. The quantitative estimate of drug-likeness (QED) is 0.899. The average molecular weight is 271 g/mol. The normalized spacial score (nSPS) is 16.7. The maximum atomic E-state index is 12.4. The number of rotatable bonds is 2. The number of aryl methyl sites for hydroxylation is 2. The minimum Gasteiger partial charge on any atom is -0.314 e. The number of benzene rings is 1. The van der Waals surface area contributed by atoms with Gasteiger partial charge in [-0.3, -0.25) is 14.3 Å². The fraction of sp³-hybridized carbons (Fsp3) is 0.438. The molecular formula is C16H21N3O. The van der Waals surface area contributed by atoms with Crippen molar-refractivity contribution >= 4 is 10.9 Å². The average Bonchev–Trinajstić information content (AvgIpc) is 2.44. The second kappa shape index (κ2) is 5.38. The minimum absolute atomic E-state index is 0.0964. The first-order valence-corrected chi connectivity index (χ1v) is 7.19. The number of nitrogens with one attached hydrogen (secondary N) is 1. The first kappa shape index (κ1) is 13.3. The van der Waals surface area contributed by atoms with E-state index in [4.69, 9.17) is 0 Å². The van der Waals surface area contributed by atoms with E-state index < -0.39 is 0 Å². The van der Waals surface area contributed by atoms with E-state index in [1.165, 1.54) is 10.9 Å². The van der Waals surface area contributed by atoms with E-state index in [2.05, 4.69) is 35.3 Å². The molecule has 1 aromatic heterocycles. The molecule has 2 heterocycles. The van der Waals surface area contributed by atoms with Crippen LogP contribution in [0.3, 0.4) is 0 Å². The van der Waals surface area contributed by atoms with E-state index in [0.29, 0.717) is 6.67 Å². The van der Waals surface area contributed by atoms with Gasteiger partial charge < -0.3 is 5.32 Å². The van der Waals surface area contributed by atoms with Gasteiger partial charge in [-0.05, 0) is 31.0 Å². The Morgan fingerprint density at radius 3 is 2.65 bits per heavy atom. The maximum Gasteiger partial charge on any atom is 0.252 e. The summed E-state index contributed by atoms with van der Waals surface area (Å²) in [5, 5.41) is 4.51. The van der Waals surface area contributed by atoms with Gasteiger partial charge in [0.25, 0.3) is 5.56 Å². The molecule has 0 unspecified atom stereocenters. The van der Waals surface area contributed by atoms with Gasteiger partial charge in [0, 0.05) is 37.6 Å². The highest BCUT2D eigenvalue weighted by molar-refractivity contribution is 5.83. The van der Waals surface area contributed by atoms with Crippen molar-refractivity contribution in [1.82, 2.24) is 14.8 Å². The lowest BCUT2D eigenvalue weighted by Gasteiger charge is -2.28. The summed E-state index contributed by atoms with van der Waals surface area (Å²) in [6, 6.07) is 8.09. The Morgan fingerprint density at radius 1 is 1.15 bits per heavy atom. The van der Waals surface area contributed by atoms with Crippen molar-refractivity contribution in [3.8, 4) is 0 Å². The predicted molar refractivity (Wildman–Crippen MR) is 82.1 cm³/mol. The van der Waals surface area contributed by atoms with Gasteiger partial charge in [-0.25, -0.2) is 0 Å². The maximum absolute atomic E-state index is 12.4. The summed E-state index contributed by atoms with van der Waals surface area (Å²) in [5.41, 5.74) is 3.39. The van der Waals surface area contributed by atoms with E-state index in [1.54, 1.807) is 6.07 Å². The van der Waals surface area contributed by atoms with E-state index in [9.17, 15) is 4.79 Å². The summed E-state index contributed by atoms with van der Waals surface area (Å²) < 4.78 is 1.90. The minimum atomic E-state index is 0.0964. The highest BCUT2D eigenvalue weighted by Crippen LogP contribution is 2.18. The second-order valence-corrected chi connectivity index (χ2v) is 5.62. The number of hydrogen-bond donors (Lipinski definition) is 1. The molecule has 0 aliphatic carbocycles. The van der Waals surface area contributed by atoms with Crippen LogP contribution in [0.15, 0.2) is 29.1 Å². The second-order valence-electron chi connectivity index (χ2n) is 5.62. The highest BCUT2D eigenvalue weighted by Gasteiger charge is 2.13. The van der Waals surface area contributed by atoms with Gasteiger partial charge in [0.05, 0.1) is 12.2 Å². The zero-order valence-electron chi connectivity index (χ0n) is 12.1. The van der Waals surface area contributed by atoms with Crippen molar-refractivity contribution in [1.29, 1.82) is 0 Å². The van der Waals surface area contributed by atoms with Crippen LogP contribution in [0.25, 0.3) is 10.9 Å². The summed E-state index contributed by atoms with van der Waals surface area (Å²) >= 11 is 0. The Morgan fingerprint density at radius 2 is 1.90 bits per heavy atom. The lowest BCUT2D eigenvalue weighted by molar-refractivity contribution is 0.193. The van der Waals surface area contributed by atoms with Crippen LogP contribution in [0.1, 0.15) is 11.1 Å². The highest BCUT2D eigenvalue weighted by atomic mass is 16.1. The van der Waals surface area contributed by atoms with Crippen LogP contribution in [0.4, 0.5) is 0 Å². The molecule has 0 radical (unpaired) electrons. The molecule has 2 aromatic rings.